The van der Waals surface area contributed by atoms with E-state index >= 15 is 0 Å². The molecule has 2 aromatic carbocycles. The Kier molecular flexibility index (Phi) is 13.3. The summed E-state index contributed by atoms with van der Waals surface area (Å²) in [5, 5.41) is 42.0. The molecular formula is C41H49ClN4O7. The van der Waals surface area contributed by atoms with Gasteiger partial charge in [0.25, 0.3) is 0 Å². The van der Waals surface area contributed by atoms with E-state index in [1.807, 2.05) is 24.3 Å². The fourth-order valence-corrected chi connectivity index (χ4v) is 6.87. The smallest absolute Gasteiger partial charge is 0.326 e. The molecule has 2 aliphatic rings. The van der Waals surface area contributed by atoms with Crippen molar-refractivity contribution in [3.05, 3.63) is 106 Å². The highest BCUT2D eigenvalue weighted by molar-refractivity contribution is 6.32. The number of hydrogen-bond acceptors (Lipinski definition) is 10. The van der Waals surface area contributed by atoms with E-state index in [0.29, 0.717) is 34.8 Å². The van der Waals surface area contributed by atoms with Gasteiger partial charge in [0.2, 0.25) is 0 Å². The van der Waals surface area contributed by atoms with E-state index in [9.17, 15) is 25.4 Å². The Balaban J connectivity index is 1.42. The van der Waals surface area contributed by atoms with Crippen LogP contribution in [0.5, 0.6) is 11.5 Å². The number of halogens is 1. The largest absolute Gasteiger partial charge is 0.488 e. The average molecular weight is 745 g/mol. The second-order valence-corrected chi connectivity index (χ2v) is 14.8. The number of aromatic nitrogens is 1. The topological polar surface area (TPSA) is 157 Å². The van der Waals surface area contributed by atoms with Crippen molar-refractivity contribution in [1.29, 1.82) is 5.26 Å². The molecule has 282 valence electrons. The number of nitriles is 1. The number of carboxylic acids is 1. The highest BCUT2D eigenvalue weighted by atomic mass is 35.5. The normalized spacial score (nSPS) is 19.9. The first-order valence-electron chi connectivity index (χ1n) is 17.9. The molecule has 0 spiro atoms. The van der Waals surface area contributed by atoms with Gasteiger partial charge in [0.05, 0.1) is 23.3 Å². The zero-order chi connectivity index (χ0) is 38.1. The number of allylic oxidation sites excluding steroid dienone is 2. The molecule has 1 fully saturated rings. The van der Waals surface area contributed by atoms with Crippen molar-refractivity contribution in [2.45, 2.75) is 70.4 Å². The number of hydrogen-bond donors (Lipinski definition) is 4. The Morgan fingerprint density at radius 3 is 2.58 bits per heavy atom. The quantitative estimate of drug-likeness (QED) is 0.124. The number of nitrogens with one attached hydrogen (secondary N) is 1. The van der Waals surface area contributed by atoms with Gasteiger partial charge in [-0.2, -0.15) is 5.26 Å². The lowest BCUT2D eigenvalue weighted by atomic mass is 9.65. The van der Waals surface area contributed by atoms with Gasteiger partial charge in [0, 0.05) is 67.8 Å². The number of likely N-dealkylation sites (tertiary alicyclic amines) is 1. The number of rotatable bonds is 17. The summed E-state index contributed by atoms with van der Waals surface area (Å²) in [6.45, 7) is 8.33. The zero-order valence-corrected chi connectivity index (χ0v) is 31.3. The maximum Gasteiger partial charge on any atom is 0.326 e. The third kappa shape index (κ3) is 9.64. The minimum Gasteiger partial charge on any atom is -0.488 e. The Labute approximate surface area is 316 Å². The predicted octanol–water partition coefficient (Wildman–Crippen LogP) is 5.77. The first-order valence-corrected chi connectivity index (χ1v) is 18.3. The van der Waals surface area contributed by atoms with E-state index in [1.54, 1.807) is 24.4 Å². The summed E-state index contributed by atoms with van der Waals surface area (Å²) >= 11 is 6.87. The highest BCUT2D eigenvalue weighted by Gasteiger charge is 2.49. The Hall–Kier alpha value is -4.28. The molecule has 2 atom stereocenters. The van der Waals surface area contributed by atoms with Gasteiger partial charge in [0.15, 0.2) is 0 Å². The van der Waals surface area contributed by atoms with E-state index < -0.39 is 29.1 Å². The fourth-order valence-electron chi connectivity index (χ4n) is 6.63. The molecule has 1 aliphatic carbocycles. The first-order chi connectivity index (χ1) is 25.4. The summed E-state index contributed by atoms with van der Waals surface area (Å²) in [4.78, 5) is 18.4. The number of aliphatic carboxylic acids is 1. The second-order valence-electron chi connectivity index (χ2n) is 14.4. The number of carbonyl (C=O) groups is 1. The number of nitrogens with zero attached hydrogens (tertiary/aromatic N) is 3. The summed E-state index contributed by atoms with van der Waals surface area (Å²) in [5.41, 5.74) is 0.723. The molecule has 5 rings (SSSR count). The second kappa shape index (κ2) is 17.7. The van der Waals surface area contributed by atoms with Crippen LogP contribution in [0.15, 0.2) is 79.2 Å². The van der Waals surface area contributed by atoms with Gasteiger partial charge in [-0.1, -0.05) is 67.9 Å². The van der Waals surface area contributed by atoms with E-state index in [2.05, 4.69) is 59.4 Å². The van der Waals surface area contributed by atoms with Crippen molar-refractivity contribution in [2.75, 3.05) is 39.5 Å². The number of ether oxygens (including phenoxy) is 3. The molecule has 3 aromatic rings. The molecule has 4 N–H and O–H groups in total. The van der Waals surface area contributed by atoms with E-state index in [4.69, 9.17) is 25.8 Å². The van der Waals surface area contributed by atoms with Crippen molar-refractivity contribution in [2.24, 2.45) is 5.41 Å². The Bertz CT molecular complexity index is 1820. The maximum atomic E-state index is 11.9. The van der Waals surface area contributed by atoms with Gasteiger partial charge < -0.3 is 34.4 Å². The molecule has 12 heteroatoms. The third-order valence-corrected chi connectivity index (χ3v) is 10.6. The number of aliphatic hydroxyl groups is 2. The van der Waals surface area contributed by atoms with E-state index in [1.165, 1.54) is 13.1 Å². The van der Waals surface area contributed by atoms with Gasteiger partial charge in [-0.25, -0.2) is 0 Å². The van der Waals surface area contributed by atoms with Crippen LogP contribution >= 0.6 is 11.6 Å². The molecule has 1 aromatic heterocycles. The van der Waals surface area contributed by atoms with Gasteiger partial charge in [-0.3, -0.25) is 15.1 Å². The summed E-state index contributed by atoms with van der Waals surface area (Å²) in [5.74, 6) is -0.498. The summed E-state index contributed by atoms with van der Waals surface area (Å²) in [6, 6.07) is 17.3. The zero-order valence-electron chi connectivity index (χ0n) is 30.6. The van der Waals surface area contributed by atoms with Crippen LogP contribution in [0, 0.1) is 16.7 Å². The SMILES string of the molecule is CC(CO)(NCc1cc(Cl)c(OCC2(OCCCN3CCC(O)CC3)C=CC=C(c3ccccc3)C2(C)C)cc1OCc1cncc(C#N)c1)C(=O)O. The van der Waals surface area contributed by atoms with Crippen LogP contribution in [0.3, 0.4) is 0 Å². The minimum atomic E-state index is -1.61. The lowest BCUT2D eigenvalue weighted by Crippen LogP contribution is -2.52. The van der Waals surface area contributed by atoms with Crippen molar-refractivity contribution in [3.63, 3.8) is 0 Å². The predicted molar refractivity (Wildman–Crippen MR) is 203 cm³/mol. The van der Waals surface area contributed by atoms with Crippen LogP contribution in [-0.2, 0) is 22.7 Å². The maximum absolute atomic E-state index is 11.9. The molecule has 1 saturated heterocycles. The third-order valence-electron chi connectivity index (χ3n) is 10.3. The Morgan fingerprint density at radius 2 is 1.89 bits per heavy atom. The van der Waals surface area contributed by atoms with Crippen molar-refractivity contribution >= 4 is 23.1 Å². The van der Waals surface area contributed by atoms with Gasteiger partial charge in [-0.05, 0) is 55.5 Å². The van der Waals surface area contributed by atoms with Crippen molar-refractivity contribution in [3.8, 4) is 17.6 Å². The lowest BCUT2D eigenvalue weighted by molar-refractivity contribution is -0.145. The van der Waals surface area contributed by atoms with Crippen LogP contribution in [0.2, 0.25) is 5.02 Å². The number of piperidine rings is 1. The Morgan fingerprint density at radius 1 is 1.13 bits per heavy atom. The van der Waals surface area contributed by atoms with Crippen LogP contribution in [0.25, 0.3) is 5.57 Å². The molecule has 11 nitrogen and oxygen atoms in total. The first kappa shape index (κ1) is 39.9. The molecule has 2 heterocycles. The standard InChI is InChI=1S/C41H49ClN4O7/c1-39(2)34(31-9-5-4-6-10-31)11-7-14-41(39,53-18-8-15-46-16-12-33(48)13-17-46)28-52-37-21-36(51-26-30-19-29(22-43)23-44-24-30)32(20-35(37)42)25-45-40(3,27-47)38(49)50/h4-7,9-11,14,19-21,23-24,33,45,47-48H,8,12-13,15-18,25-28H2,1-3H3,(H,49,50). The van der Waals surface area contributed by atoms with Gasteiger partial charge >= 0.3 is 5.97 Å². The van der Waals surface area contributed by atoms with Crippen LogP contribution in [0.1, 0.15) is 62.3 Å². The molecule has 0 radical (unpaired) electrons. The van der Waals surface area contributed by atoms with Crippen molar-refractivity contribution in [1.82, 2.24) is 15.2 Å². The van der Waals surface area contributed by atoms with Gasteiger partial charge in [-0.15, -0.1) is 0 Å². The molecule has 1 aliphatic heterocycles. The number of carboxylic acid groups (broad SMARTS) is 1. The van der Waals surface area contributed by atoms with E-state index in [0.717, 1.165) is 50.0 Å². The molecule has 2 unspecified atom stereocenters. The fraction of sp³-hybridized carbons (Fsp3) is 0.439. The number of aliphatic hydroxyl groups excluding tert-OH is 2. The number of pyridine rings is 1. The van der Waals surface area contributed by atoms with Crippen LogP contribution in [-0.4, -0.2) is 87.9 Å². The van der Waals surface area contributed by atoms with Crippen molar-refractivity contribution < 1.29 is 34.3 Å². The molecule has 53 heavy (non-hydrogen) atoms. The molecule has 0 bridgehead atoms. The average Bonchev–Trinajstić information content (AvgIpc) is 3.16. The summed E-state index contributed by atoms with van der Waals surface area (Å²) in [6.07, 6.45) is 11.4. The lowest BCUT2D eigenvalue weighted by Gasteiger charge is -2.47. The molecular weight excluding hydrogens is 696 g/mol. The minimum absolute atomic E-state index is 0.0131. The summed E-state index contributed by atoms with van der Waals surface area (Å²) in [7, 11) is 0. The number of benzene rings is 2. The molecule has 0 saturated carbocycles. The van der Waals surface area contributed by atoms with Gasteiger partial charge in [0.1, 0.15) is 41.9 Å². The molecule has 0 amide bonds. The van der Waals surface area contributed by atoms with E-state index in [-0.39, 0.29) is 30.9 Å². The van der Waals surface area contributed by atoms with Crippen LogP contribution in [0.4, 0.5) is 0 Å². The van der Waals surface area contributed by atoms with Crippen LogP contribution < -0.4 is 14.8 Å². The monoisotopic (exact) mass is 744 g/mol. The highest BCUT2D eigenvalue weighted by Crippen LogP contribution is 2.49. The summed E-state index contributed by atoms with van der Waals surface area (Å²) < 4.78 is 19.7.